The predicted molar refractivity (Wildman–Crippen MR) is 31.9 cm³/mol. The van der Waals surface area contributed by atoms with Crippen LogP contribution < -0.4 is 5.73 Å². The van der Waals surface area contributed by atoms with Crippen LogP contribution in [-0.4, -0.2) is 11.3 Å². The number of nitrogens with zero attached hydrogens (tertiary/aromatic N) is 1. The van der Waals surface area contributed by atoms with E-state index < -0.39 is 0 Å². The molecule has 0 saturated heterocycles. The normalized spacial score (nSPS) is 9.00. The summed E-state index contributed by atoms with van der Waals surface area (Å²) in [6.07, 6.45) is 0.701. The fourth-order valence-corrected chi connectivity index (χ4v) is 0.861. The third-order valence-electron chi connectivity index (χ3n) is 0.731. The Labute approximate surface area is 50.2 Å². The van der Waals surface area contributed by atoms with Gasteiger partial charge < -0.3 is 5.73 Å². The number of nitrogen functional groups attached to an aromatic ring is 1. The number of hydrogen-bond acceptors (Lipinski definition) is 4. The van der Waals surface area contributed by atoms with Crippen molar-refractivity contribution in [1.82, 2.24) is 4.98 Å². The molecule has 4 heteroatoms. The van der Waals surface area contributed by atoms with Gasteiger partial charge in [-0.05, 0) is 0 Å². The van der Waals surface area contributed by atoms with Crippen LogP contribution in [0.25, 0.3) is 0 Å². The van der Waals surface area contributed by atoms with Gasteiger partial charge in [-0.2, -0.15) is 0 Å². The highest BCUT2D eigenvalue weighted by molar-refractivity contribution is 7.11. The number of nitrogens with two attached hydrogens (primary N) is 1. The molecule has 0 aromatic carbocycles. The van der Waals surface area contributed by atoms with Crippen molar-refractivity contribution in [3.8, 4) is 0 Å². The third kappa shape index (κ3) is 0.696. The Kier molecular flexibility index (Phi) is 1.26. The summed E-state index contributed by atoms with van der Waals surface area (Å²) < 4.78 is 0. The van der Waals surface area contributed by atoms with Gasteiger partial charge in [-0.25, -0.2) is 4.98 Å². The second-order valence-corrected chi connectivity index (χ2v) is 2.11. The number of rotatable bonds is 1. The first kappa shape index (κ1) is 5.24. The molecule has 0 fully saturated rings. The molecule has 2 N–H and O–H groups in total. The van der Waals surface area contributed by atoms with Crippen LogP contribution in [0.4, 0.5) is 5.82 Å². The zero-order valence-electron chi connectivity index (χ0n) is 4.00. The van der Waals surface area contributed by atoms with E-state index in [-0.39, 0.29) is 0 Å². The van der Waals surface area contributed by atoms with Crippen molar-refractivity contribution < 1.29 is 4.79 Å². The van der Waals surface area contributed by atoms with Gasteiger partial charge in [0.15, 0.2) is 6.29 Å². The van der Waals surface area contributed by atoms with E-state index in [0.717, 1.165) is 0 Å². The van der Waals surface area contributed by atoms with E-state index in [0.29, 0.717) is 17.0 Å². The lowest BCUT2D eigenvalue weighted by Crippen LogP contribution is -1.87. The van der Waals surface area contributed by atoms with Gasteiger partial charge >= 0.3 is 0 Å². The molecule has 3 nitrogen and oxygen atoms in total. The van der Waals surface area contributed by atoms with Crippen LogP contribution in [0.15, 0.2) is 5.51 Å². The van der Waals surface area contributed by atoms with Crippen LogP contribution in [-0.2, 0) is 0 Å². The Balaban J connectivity index is 3.09. The maximum atomic E-state index is 9.98. The van der Waals surface area contributed by atoms with Crippen LogP contribution in [0.3, 0.4) is 0 Å². The number of carbonyl (C=O) groups excluding carboxylic acids is 1. The molecule has 42 valence electrons. The first-order chi connectivity index (χ1) is 3.84. The van der Waals surface area contributed by atoms with Crippen molar-refractivity contribution in [3.63, 3.8) is 0 Å². The maximum Gasteiger partial charge on any atom is 0.163 e. The highest BCUT2D eigenvalue weighted by Crippen LogP contribution is 2.10. The van der Waals surface area contributed by atoms with E-state index in [1.165, 1.54) is 11.3 Å². The van der Waals surface area contributed by atoms with Gasteiger partial charge in [0.05, 0.1) is 5.51 Å². The largest absolute Gasteiger partial charge is 0.382 e. The highest BCUT2D eigenvalue weighted by Gasteiger charge is 1.96. The van der Waals surface area contributed by atoms with Crippen molar-refractivity contribution in [1.29, 1.82) is 0 Å². The Morgan fingerprint density at radius 1 is 1.88 bits per heavy atom. The molecular formula is C4H4N2OS. The molecule has 0 aliphatic rings. The average Bonchev–Trinajstić information content (AvgIpc) is 2.14. The van der Waals surface area contributed by atoms with Crippen molar-refractivity contribution in [2.45, 2.75) is 0 Å². The summed E-state index contributed by atoms with van der Waals surface area (Å²) in [6.45, 7) is 0. The number of aromatic nitrogens is 1. The van der Waals surface area contributed by atoms with Crippen molar-refractivity contribution in [2.24, 2.45) is 0 Å². The molecular weight excluding hydrogens is 124 g/mol. The molecule has 8 heavy (non-hydrogen) atoms. The van der Waals surface area contributed by atoms with Gasteiger partial charge in [-0.3, -0.25) is 4.79 Å². The lowest BCUT2D eigenvalue weighted by atomic mass is 10.6. The zero-order chi connectivity index (χ0) is 5.98. The molecule has 1 aromatic heterocycles. The van der Waals surface area contributed by atoms with Crippen molar-refractivity contribution >= 4 is 23.4 Å². The first-order valence-electron chi connectivity index (χ1n) is 1.98. The van der Waals surface area contributed by atoms with Crippen LogP contribution >= 0.6 is 11.3 Å². The Hall–Kier alpha value is -0.900. The zero-order valence-corrected chi connectivity index (χ0v) is 4.81. The number of carbonyl (C=O) groups is 1. The minimum absolute atomic E-state index is 0.324. The van der Waals surface area contributed by atoms with E-state index in [9.17, 15) is 4.79 Å². The predicted octanol–water partition coefficient (Wildman–Crippen LogP) is 0.538. The summed E-state index contributed by atoms with van der Waals surface area (Å²) in [5.74, 6) is 0.324. The minimum Gasteiger partial charge on any atom is -0.382 e. The summed E-state index contributed by atoms with van der Waals surface area (Å²) in [7, 11) is 0. The maximum absolute atomic E-state index is 9.98. The van der Waals surface area contributed by atoms with E-state index >= 15 is 0 Å². The standard InChI is InChI=1S/C4H4N2OS/c5-4-3(1-7)8-2-6-4/h1-2H,5H2. The van der Waals surface area contributed by atoms with E-state index in [1.807, 2.05) is 0 Å². The summed E-state index contributed by atoms with van der Waals surface area (Å²) >= 11 is 1.25. The molecule has 1 heterocycles. The Morgan fingerprint density at radius 2 is 2.62 bits per heavy atom. The van der Waals surface area contributed by atoms with Crippen LogP contribution in [0.1, 0.15) is 9.67 Å². The summed E-state index contributed by atoms with van der Waals surface area (Å²) in [5, 5.41) is 0. The first-order valence-corrected chi connectivity index (χ1v) is 2.86. The average molecular weight is 128 g/mol. The second kappa shape index (κ2) is 1.92. The number of anilines is 1. The van der Waals surface area contributed by atoms with Crippen molar-refractivity contribution in [2.75, 3.05) is 5.73 Å². The Bertz CT molecular complexity index is 196. The molecule has 0 aliphatic carbocycles. The number of thiazole rings is 1. The Morgan fingerprint density at radius 3 is 2.88 bits per heavy atom. The molecule has 0 saturated carbocycles. The number of aldehydes is 1. The van der Waals surface area contributed by atoms with Gasteiger partial charge in [-0.1, -0.05) is 0 Å². The molecule has 0 spiro atoms. The lowest BCUT2D eigenvalue weighted by molar-refractivity contribution is 0.112. The van der Waals surface area contributed by atoms with Gasteiger partial charge in [-0.15, -0.1) is 11.3 Å². The fourth-order valence-electron chi connectivity index (χ4n) is 0.352. The van der Waals surface area contributed by atoms with Gasteiger partial charge in [0.2, 0.25) is 0 Å². The summed E-state index contributed by atoms with van der Waals surface area (Å²) in [6, 6.07) is 0. The molecule has 1 rings (SSSR count). The van der Waals surface area contributed by atoms with Crippen LogP contribution in [0.5, 0.6) is 0 Å². The smallest absolute Gasteiger partial charge is 0.163 e. The monoisotopic (exact) mass is 128 g/mol. The number of hydrogen-bond donors (Lipinski definition) is 1. The third-order valence-corrected chi connectivity index (χ3v) is 1.50. The topological polar surface area (TPSA) is 56.0 Å². The minimum atomic E-state index is 0.324. The lowest BCUT2D eigenvalue weighted by Gasteiger charge is -1.78. The van der Waals surface area contributed by atoms with Gasteiger partial charge in [0.25, 0.3) is 0 Å². The SMILES string of the molecule is Nc1ncsc1C=O. The molecule has 0 atom stereocenters. The molecule has 0 bridgehead atoms. The van der Waals surface area contributed by atoms with Crippen LogP contribution in [0, 0.1) is 0 Å². The second-order valence-electron chi connectivity index (χ2n) is 1.22. The van der Waals surface area contributed by atoms with Gasteiger partial charge in [0, 0.05) is 0 Å². The highest BCUT2D eigenvalue weighted by atomic mass is 32.1. The summed E-state index contributed by atoms with van der Waals surface area (Å²) in [5.41, 5.74) is 6.76. The molecule has 0 aliphatic heterocycles. The van der Waals surface area contributed by atoms with E-state index in [4.69, 9.17) is 5.73 Å². The van der Waals surface area contributed by atoms with Crippen LogP contribution in [0.2, 0.25) is 0 Å². The van der Waals surface area contributed by atoms with E-state index in [1.54, 1.807) is 5.51 Å². The fraction of sp³-hybridized carbons (Fsp3) is 0. The van der Waals surface area contributed by atoms with Gasteiger partial charge in [0.1, 0.15) is 10.7 Å². The molecule has 0 amide bonds. The summed E-state index contributed by atoms with van der Waals surface area (Å²) in [4.78, 5) is 14.1. The molecule has 1 aromatic rings. The van der Waals surface area contributed by atoms with Crippen molar-refractivity contribution in [3.05, 3.63) is 10.4 Å². The molecule has 0 radical (unpaired) electrons. The molecule has 0 unspecified atom stereocenters. The quantitative estimate of drug-likeness (QED) is 0.561. The van der Waals surface area contributed by atoms with E-state index in [2.05, 4.69) is 4.98 Å².